The topological polar surface area (TPSA) is 67.3 Å². The number of amides is 2. The van der Waals surface area contributed by atoms with Crippen LogP contribution in [0.5, 0.6) is 11.5 Å². The number of benzene rings is 1. The van der Waals surface area contributed by atoms with Crippen LogP contribution in [0.2, 0.25) is 0 Å². The number of fused-ring (bicyclic) bond motifs is 1. The highest BCUT2D eigenvalue weighted by atomic mass is 19.4. The molecule has 4 rings (SSSR count). The van der Waals surface area contributed by atoms with Crippen molar-refractivity contribution in [1.82, 2.24) is 14.8 Å². The van der Waals surface area contributed by atoms with Gasteiger partial charge in [0.05, 0.1) is 0 Å². The zero-order chi connectivity index (χ0) is 25.3. The van der Waals surface area contributed by atoms with Gasteiger partial charge in [-0.15, -0.1) is 0 Å². The molecular formula is C23H21F5N4O3. The Balaban J connectivity index is 1.39. The Hall–Kier alpha value is -3.70. The number of alkyl halides is 3. The van der Waals surface area contributed by atoms with Crippen molar-refractivity contribution in [3.63, 3.8) is 0 Å². The van der Waals surface area contributed by atoms with Crippen LogP contribution < -0.4 is 4.74 Å². The predicted molar refractivity (Wildman–Crippen MR) is 115 cm³/mol. The summed E-state index contributed by atoms with van der Waals surface area (Å²) in [5.74, 6) is -3.01. The fourth-order valence-corrected chi connectivity index (χ4v) is 3.98. The van der Waals surface area contributed by atoms with Crippen molar-refractivity contribution >= 4 is 11.9 Å². The fourth-order valence-electron chi connectivity index (χ4n) is 3.98. The Morgan fingerprint density at radius 3 is 2.63 bits per heavy atom. The van der Waals surface area contributed by atoms with Crippen LogP contribution in [0.4, 0.5) is 26.7 Å². The summed E-state index contributed by atoms with van der Waals surface area (Å²) in [6, 6.07) is 3.10. The van der Waals surface area contributed by atoms with E-state index in [-0.39, 0.29) is 24.1 Å². The van der Waals surface area contributed by atoms with Crippen LogP contribution in [0.15, 0.2) is 47.9 Å². The van der Waals surface area contributed by atoms with Gasteiger partial charge in [-0.05, 0) is 36.6 Å². The van der Waals surface area contributed by atoms with E-state index in [1.807, 2.05) is 0 Å². The standard InChI is InChI=1S/C23H21F5N4O3/c1-13(30-22(33)32-11-16-4-3-7-31(16)14(32)2)34-12-15-8-18(24)21(19(25)9-15)35-17-5-6-29-20(10-17)23(26,27)28/h5-6,8-10,16H,2-4,7,11-12H2,1H3. The largest absolute Gasteiger partial charge is 0.476 e. The number of hydrogen-bond donors (Lipinski definition) is 0. The number of urea groups is 1. The lowest BCUT2D eigenvalue weighted by Gasteiger charge is -2.19. The van der Waals surface area contributed by atoms with Crippen molar-refractivity contribution in [3.8, 4) is 11.5 Å². The number of ether oxygens (including phenoxy) is 2. The predicted octanol–water partition coefficient (Wildman–Crippen LogP) is 5.48. The van der Waals surface area contributed by atoms with Crippen LogP contribution >= 0.6 is 0 Å². The summed E-state index contributed by atoms with van der Waals surface area (Å²) in [7, 11) is 0. The van der Waals surface area contributed by atoms with Gasteiger partial charge in [-0.1, -0.05) is 6.58 Å². The van der Waals surface area contributed by atoms with Crippen LogP contribution in [-0.4, -0.2) is 45.8 Å². The zero-order valence-corrected chi connectivity index (χ0v) is 18.6. The molecule has 2 aliphatic rings. The van der Waals surface area contributed by atoms with Crippen molar-refractivity contribution in [2.45, 2.75) is 38.6 Å². The highest BCUT2D eigenvalue weighted by Crippen LogP contribution is 2.34. The quantitative estimate of drug-likeness (QED) is 0.319. The van der Waals surface area contributed by atoms with Gasteiger partial charge in [0.25, 0.3) is 0 Å². The lowest BCUT2D eigenvalue weighted by molar-refractivity contribution is -0.141. The highest BCUT2D eigenvalue weighted by Gasteiger charge is 2.38. The van der Waals surface area contributed by atoms with Gasteiger partial charge < -0.3 is 14.4 Å². The molecular weight excluding hydrogens is 475 g/mol. The number of carbonyl (C=O) groups is 1. The molecule has 1 unspecified atom stereocenters. The third-order valence-corrected chi connectivity index (χ3v) is 5.65. The van der Waals surface area contributed by atoms with Gasteiger partial charge in [0.1, 0.15) is 23.9 Å². The number of halogens is 5. The molecule has 0 spiro atoms. The molecule has 3 heterocycles. The van der Waals surface area contributed by atoms with Crippen LogP contribution in [0.25, 0.3) is 0 Å². The monoisotopic (exact) mass is 496 g/mol. The number of carbonyl (C=O) groups excluding carboxylic acids is 1. The number of nitrogens with zero attached hydrogens (tertiary/aromatic N) is 4. The summed E-state index contributed by atoms with van der Waals surface area (Å²) in [6.07, 6.45) is -1.90. The first-order chi connectivity index (χ1) is 16.5. The summed E-state index contributed by atoms with van der Waals surface area (Å²) < 4.78 is 77.6. The summed E-state index contributed by atoms with van der Waals surface area (Å²) in [5.41, 5.74) is -1.20. The number of pyridine rings is 1. The molecule has 2 saturated heterocycles. The molecule has 0 aliphatic carbocycles. The molecule has 1 atom stereocenters. The first kappa shape index (κ1) is 24.4. The van der Waals surface area contributed by atoms with Gasteiger partial charge in [0, 0.05) is 38.3 Å². The van der Waals surface area contributed by atoms with Crippen LogP contribution in [-0.2, 0) is 17.5 Å². The number of aromatic nitrogens is 1. The van der Waals surface area contributed by atoms with E-state index in [4.69, 9.17) is 9.47 Å². The van der Waals surface area contributed by atoms with E-state index in [2.05, 4.69) is 21.5 Å². The summed E-state index contributed by atoms with van der Waals surface area (Å²) >= 11 is 0. The van der Waals surface area contributed by atoms with Crippen LogP contribution in [0, 0.1) is 11.6 Å². The maximum Gasteiger partial charge on any atom is 0.433 e. The third kappa shape index (κ3) is 5.36. The highest BCUT2D eigenvalue weighted by molar-refractivity contribution is 5.90. The summed E-state index contributed by atoms with van der Waals surface area (Å²) in [6.45, 7) is 6.41. The molecule has 0 saturated carbocycles. The Morgan fingerprint density at radius 1 is 1.26 bits per heavy atom. The van der Waals surface area contributed by atoms with E-state index in [1.165, 1.54) is 11.8 Å². The van der Waals surface area contributed by atoms with Gasteiger partial charge in [-0.25, -0.2) is 13.6 Å². The lowest BCUT2D eigenvalue weighted by Crippen LogP contribution is -2.27. The number of aliphatic imine (C=N–C) groups is 1. The van der Waals surface area contributed by atoms with Gasteiger partial charge in [0.2, 0.25) is 0 Å². The molecule has 2 fully saturated rings. The molecule has 0 radical (unpaired) electrons. The van der Waals surface area contributed by atoms with Crippen molar-refractivity contribution in [3.05, 3.63) is 65.8 Å². The molecule has 1 aromatic heterocycles. The van der Waals surface area contributed by atoms with Crippen LogP contribution in [0.3, 0.4) is 0 Å². The van der Waals surface area contributed by atoms with Crippen LogP contribution in [0.1, 0.15) is 31.0 Å². The normalized spacial score (nSPS) is 18.2. The smallest absolute Gasteiger partial charge is 0.433 e. The SMILES string of the molecule is C=C1N(C(=O)N=C(C)OCc2cc(F)c(Oc3ccnc(C(F)(F)F)c3)c(F)c2)CC2CCCN12. The van der Waals surface area contributed by atoms with Gasteiger partial charge in [0.15, 0.2) is 23.3 Å². The molecule has 1 aromatic carbocycles. The maximum absolute atomic E-state index is 14.5. The second-order valence-corrected chi connectivity index (χ2v) is 8.08. The minimum absolute atomic E-state index is 0.00697. The maximum atomic E-state index is 14.5. The van der Waals surface area contributed by atoms with Crippen molar-refractivity contribution in [2.24, 2.45) is 4.99 Å². The minimum Gasteiger partial charge on any atom is -0.476 e. The van der Waals surface area contributed by atoms with Crippen molar-refractivity contribution in [1.29, 1.82) is 0 Å². The van der Waals surface area contributed by atoms with E-state index >= 15 is 0 Å². The Labute approximate surface area is 197 Å². The van der Waals surface area contributed by atoms with E-state index in [0.29, 0.717) is 18.4 Å². The molecule has 7 nitrogen and oxygen atoms in total. The molecule has 2 amide bonds. The molecule has 186 valence electrons. The first-order valence-electron chi connectivity index (χ1n) is 10.7. The molecule has 35 heavy (non-hydrogen) atoms. The van der Waals surface area contributed by atoms with Crippen molar-refractivity contribution in [2.75, 3.05) is 13.1 Å². The molecule has 0 N–H and O–H groups in total. The fraction of sp³-hybridized carbons (Fsp3) is 0.348. The second kappa shape index (κ2) is 9.51. The van der Waals surface area contributed by atoms with E-state index in [0.717, 1.165) is 43.8 Å². The van der Waals surface area contributed by atoms with E-state index < -0.39 is 41.0 Å². The first-order valence-corrected chi connectivity index (χ1v) is 10.7. The molecule has 12 heteroatoms. The third-order valence-electron chi connectivity index (χ3n) is 5.65. The van der Waals surface area contributed by atoms with Gasteiger partial charge in [-0.2, -0.15) is 18.2 Å². The number of hydrogen-bond acceptors (Lipinski definition) is 5. The number of rotatable bonds is 4. The molecule has 2 aliphatic heterocycles. The van der Waals surface area contributed by atoms with E-state index in [1.54, 1.807) is 0 Å². The van der Waals surface area contributed by atoms with Gasteiger partial charge >= 0.3 is 12.2 Å². The average Bonchev–Trinajstić information content (AvgIpc) is 3.37. The summed E-state index contributed by atoms with van der Waals surface area (Å²) in [4.78, 5) is 23.1. The average molecular weight is 496 g/mol. The Kier molecular flexibility index (Phi) is 6.64. The lowest BCUT2D eigenvalue weighted by atomic mass is 10.2. The minimum atomic E-state index is -4.74. The molecule has 2 aromatic rings. The zero-order valence-electron chi connectivity index (χ0n) is 18.6. The Bertz CT molecular complexity index is 1160. The van der Waals surface area contributed by atoms with E-state index in [9.17, 15) is 26.7 Å². The Morgan fingerprint density at radius 2 is 1.97 bits per heavy atom. The molecule has 0 bridgehead atoms. The second-order valence-electron chi connectivity index (χ2n) is 8.08. The summed E-state index contributed by atoms with van der Waals surface area (Å²) in [5, 5.41) is 0. The van der Waals surface area contributed by atoms with Crippen molar-refractivity contribution < 1.29 is 36.2 Å². The van der Waals surface area contributed by atoms with Gasteiger partial charge in [-0.3, -0.25) is 9.88 Å².